The molecule has 121 valence electrons. The van der Waals surface area contributed by atoms with Crippen molar-refractivity contribution in [3.63, 3.8) is 0 Å². The Morgan fingerprint density at radius 2 is 1.79 bits per heavy atom. The second-order valence-corrected chi connectivity index (χ2v) is 5.28. The summed E-state index contributed by atoms with van der Waals surface area (Å²) >= 11 is 6.00. The molecule has 2 aromatic rings. The van der Waals surface area contributed by atoms with Crippen LogP contribution in [0.2, 0.25) is 5.02 Å². The first kappa shape index (κ1) is 16.1. The zero-order chi connectivity index (χ0) is 17.4. The van der Waals surface area contributed by atoms with Crippen LogP contribution in [-0.2, 0) is 4.79 Å². The minimum atomic E-state index is -1.60. The molecule has 0 saturated heterocycles. The van der Waals surface area contributed by atoms with E-state index in [1.54, 1.807) is 0 Å². The lowest BCUT2D eigenvalue weighted by Gasteiger charge is -2.10. The van der Waals surface area contributed by atoms with Crippen LogP contribution in [0.5, 0.6) is 0 Å². The highest BCUT2D eigenvalue weighted by atomic mass is 35.5. The number of anilines is 1. The highest BCUT2D eigenvalue weighted by Gasteiger charge is 2.21. The summed E-state index contributed by atoms with van der Waals surface area (Å²) in [5, 5.41) is 6.82. The van der Waals surface area contributed by atoms with Crippen LogP contribution in [0.4, 0.5) is 18.9 Å². The molecule has 4 nitrogen and oxygen atoms in total. The maximum Gasteiger partial charge on any atom is 0.270 e. The SMILES string of the molecule is O=C1C=c2cc(NC(=O)c3c(F)ccc(F)c3F)c(Cl)cc2=C[N]1. The first-order chi connectivity index (χ1) is 11.4. The molecule has 8 heteroatoms. The molecule has 3 rings (SSSR count). The Balaban J connectivity index is 2.03. The van der Waals surface area contributed by atoms with Crippen molar-refractivity contribution >= 4 is 41.4 Å². The molecule has 1 aliphatic rings. The molecule has 1 heterocycles. The molecule has 0 aromatic heterocycles. The minimum Gasteiger partial charge on any atom is -0.320 e. The van der Waals surface area contributed by atoms with Crippen LogP contribution in [0, 0.1) is 17.5 Å². The lowest BCUT2D eigenvalue weighted by molar-refractivity contribution is -0.114. The van der Waals surface area contributed by atoms with Gasteiger partial charge in [0.2, 0.25) is 0 Å². The Labute approximate surface area is 138 Å². The van der Waals surface area contributed by atoms with Crippen molar-refractivity contribution in [1.29, 1.82) is 0 Å². The highest BCUT2D eigenvalue weighted by molar-refractivity contribution is 6.34. The number of halogens is 4. The fourth-order valence-corrected chi connectivity index (χ4v) is 2.38. The number of nitrogens with one attached hydrogen (secondary N) is 1. The molecule has 2 aromatic carbocycles. The van der Waals surface area contributed by atoms with Crippen molar-refractivity contribution in [1.82, 2.24) is 5.32 Å². The van der Waals surface area contributed by atoms with Crippen molar-refractivity contribution < 1.29 is 22.8 Å². The summed E-state index contributed by atoms with van der Waals surface area (Å²) in [5.41, 5.74) is -1.05. The molecule has 0 spiro atoms. The van der Waals surface area contributed by atoms with Crippen molar-refractivity contribution in [2.45, 2.75) is 0 Å². The molecule has 0 unspecified atom stereocenters. The van der Waals surface area contributed by atoms with Crippen LogP contribution in [0.15, 0.2) is 24.3 Å². The first-order valence-electron chi connectivity index (χ1n) is 6.58. The Morgan fingerprint density at radius 1 is 1.08 bits per heavy atom. The number of benzene rings is 2. The third-order valence-corrected chi connectivity index (χ3v) is 3.61. The highest BCUT2D eigenvalue weighted by Crippen LogP contribution is 2.21. The van der Waals surface area contributed by atoms with E-state index in [2.05, 4.69) is 10.6 Å². The summed E-state index contributed by atoms with van der Waals surface area (Å²) < 4.78 is 40.5. The van der Waals surface area contributed by atoms with Gasteiger partial charge in [0.25, 0.3) is 11.8 Å². The Morgan fingerprint density at radius 3 is 2.54 bits per heavy atom. The molecular formula is C16H7ClF3N2O2. The van der Waals surface area contributed by atoms with Crippen LogP contribution >= 0.6 is 11.6 Å². The van der Waals surface area contributed by atoms with E-state index in [1.807, 2.05) is 0 Å². The zero-order valence-electron chi connectivity index (χ0n) is 11.7. The standard InChI is InChI=1S/C16H7ClF3N2O2/c17-9-3-8-6-21-13(23)5-7(8)4-12(9)22-16(24)14-10(18)1-2-11(19)15(14)20/h1-6H,(H,22,24). The number of fused-ring (bicyclic) bond motifs is 1. The monoisotopic (exact) mass is 351 g/mol. The van der Waals surface area contributed by atoms with Crippen molar-refractivity contribution in [3.05, 3.63) is 62.7 Å². The van der Waals surface area contributed by atoms with E-state index in [9.17, 15) is 22.8 Å². The fourth-order valence-electron chi connectivity index (χ4n) is 2.16. The van der Waals surface area contributed by atoms with Crippen LogP contribution in [0.1, 0.15) is 10.4 Å². The van der Waals surface area contributed by atoms with Gasteiger partial charge in [-0.25, -0.2) is 18.5 Å². The number of nitrogens with zero attached hydrogens (tertiary/aromatic N) is 1. The maximum atomic E-state index is 13.7. The summed E-state index contributed by atoms with van der Waals surface area (Å²) in [6.45, 7) is 0. The third kappa shape index (κ3) is 2.85. The zero-order valence-corrected chi connectivity index (χ0v) is 12.5. The Hall–Kier alpha value is -2.80. The average Bonchev–Trinajstić information content (AvgIpc) is 2.52. The van der Waals surface area contributed by atoms with Gasteiger partial charge < -0.3 is 5.32 Å². The summed E-state index contributed by atoms with van der Waals surface area (Å²) in [6, 6.07) is 4.00. The number of amides is 2. The first-order valence-corrected chi connectivity index (χ1v) is 6.96. The van der Waals surface area contributed by atoms with Gasteiger partial charge >= 0.3 is 0 Å². The predicted molar refractivity (Wildman–Crippen MR) is 81.0 cm³/mol. The Bertz CT molecular complexity index is 1010. The second kappa shape index (κ2) is 6.01. The summed E-state index contributed by atoms with van der Waals surface area (Å²) in [5.74, 6) is -5.87. The van der Waals surface area contributed by atoms with E-state index in [0.717, 1.165) is 0 Å². The summed E-state index contributed by atoms with van der Waals surface area (Å²) in [7, 11) is 0. The van der Waals surface area contributed by atoms with E-state index >= 15 is 0 Å². The largest absolute Gasteiger partial charge is 0.320 e. The molecule has 2 amide bonds. The molecule has 0 bridgehead atoms. The predicted octanol–water partition coefficient (Wildman–Crippen LogP) is 1.67. The quantitative estimate of drug-likeness (QED) is 0.837. The molecule has 1 N–H and O–H groups in total. The normalized spacial score (nSPS) is 12.6. The topological polar surface area (TPSA) is 60.3 Å². The van der Waals surface area contributed by atoms with Crippen LogP contribution in [-0.4, -0.2) is 11.8 Å². The van der Waals surface area contributed by atoms with Gasteiger partial charge in [0, 0.05) is 17.5 Å². The molecule has 0 atom stereocenters. The van der Waals surface area contributed by atoms with Gasteiger partial charge in [0.1, 0.15) is 11.4 Å². The van der Waals surface area contributed by atoms with Crippen molar-refractivity contribution in [2.75, 3.05) is 5.32 Å². The van der Waals surface area contributed by atoms with Gasteiger partial charge in [-0.05, 0) is 29.5 Å². The average molecular weight is 352 g/mol. The molecule has 0 aliphatic carbocycles. The van der Waals surface area contributed by atoms with Crippen LogP contribution in [0.3, 0.4) is 0 Å². The number of rotatable bonds is 2. The molecule has 0 saturated carbocycles. The summed E-state index contributed by atoms with van der Waals surface area (Å²) in [6.07, 6.45) is 2.52. The third-order valence-electron chi connectivity index (χ3n) is 3.30. The van der Waals surface area contributed by atoms with Crippen LogP contribution in [0.25, 0.3) is 12.3 Å². The van der Waals surface area contributed by atoms with Gasteiger partial charge in [0.15, 0.2) is 11.6 Å². The van der Waals surface area contributed by atoms with E-state index < -0.39 is 34.8 Å². The number of hydrogen-bond donors (Lipinski definition) is 1. The summed E-state index contributed by atoms with van der Waals surface area (Å²) in [4.78, 5) is 23.4. The maximum absolute atomic E-state index is 13.7. The smallest absolute Gasteiger partial charge is 0.270 e. The number of hydrogen-bond acceptors (Lipinski definition) is 2. The lowest BCUT2D eigenvalue weighted by atomic mass is 10.1. The van der Waals surface area contributed by atoms with E-state index in [-0.39, 0.29) is 10.7 Å². The Kier molecular flexibility index (Phi) is 4.02. The minimum absolute atomic E-state index is 0.0165. The molecule has 1 radical (unpaired) electrons. The molecule has 1 aliphatic heterocycles. The van der Waals surface area contributed by atoms with Crippen molar-refractivity contribution in [3.8, 4) is 0 Å². The number of carbonyl (C=O) groups is 2. The van der Waals surface area contributed by atoms with Gasteiger partial charge in [-0.2, -0.15) is 0 Å². The van der Waals surface area contributed by atoms with E-state index in [4.69, 9.17) is 11.6 Å². The van der Waals surface area contributed by atoms with E-state index in [1.165, 1.54) is 24.4 Å². The van der Waals surface area contributed by atoms with E-state index in [0.29, 0.717) is 22.6 Å². The molecule has 0 fully saturated rings. The van der Waals surface area contributed by atoms with Crippen LogP contribution < -0.4 is 21.1 Å². The van der Waals surface area contributed by atoms with Gasteiger partial charge in [-0.1, -0.05) is 11.6 Å². The van der Waals surface area contributed by atoms with Gasteiger partial charge in [-0.3, -0.25) is 9.59 Å². The molecule has 24 heavy (non-hydrogen) atoms. The van der Waals surface area contributed by atoms with Gasteiger partial charge in [-0.15, -0.1) is 0 Å². The number of carbonyl (C=O) groups excluding carboxylic acids is 2. The molecular weight excluding hydrogens is 345 g/mol. The van der Waals surface area contributed by atoms with Crippen molar-refractivity contribution in [2.24, 2.45) is 0 Å². The fraction of sp³-hybridized carbons (Fsp3) is 0. The lowest BCUT2D eigenvalue weighted by Crippen LogP contribution is -2.33. The second-order valence-electron chi connectivity index (χ2n) is 4.87. The van der Waals surface area contributed by atoms with Gasteiger partial charge in [0.05, 0.1) is 10.7 Å².